The Hall–Kier alpha value is -3.60. The third kappa shape index (κ3) is 5.20. The number of amides is 1. The molecule has 8 nitrogen and oxygen atoms in total. The standard InChI is InChI=1S/C28H27N3O5S2/c1-19-9-10-26(20(2)16-19)38(34,35)31-13-11-30(12-14-31)27(32)18-36-28(33)22-17-24(25-8-5-15-37-25)29-23-7-4-3-6-21(22)23/h3-10,15-17H,11-14,18H2,1-2H3. The summed E-state index contributed by atoms with van der Waals surface area (Å²) in [4.78, 5) is 33.3. The van der Waals surface area contributed by atoms with E-state index < -0.39 is 22.6 Å². The van der Waals surface area contributed by atoms with Crippen LogP contribution >= 0.6 is 11.3 Å². The number of benzene rings is 2. The van der Waals surface area contributed by atoms with Crippen LogP contribution in [0.2, 0.25) is 0 Å². The van der Waals surface area contributed by atoms with Gasteiger partial charge in [-0.2, -0.15) is 4.31 Å². The predicted octanol–water partition coefficient (Wildman–Crippen LogP) is 4.27. The van der Waals surface area contributed by atoms with Crippen molar-refractivity contribution in [2.75, 3.05) is 32.8 Å². The van der Waals surface area contributed by atoms with E-state index in [9.17, 15) is 18.0 Å². The number of piperazine rings is 1. The van der Waals surface area contributed by atoms with Gasteiger partial charge in [-0.05, 0) is 49.1 Å². The number of thiophene rings is 1. The lowest BCUT2D eigenvalue weighted by atomic mass is 10.1. The average Bonchev–Trinajstić information content (AvgIpc) is 3.46. The molecule has 1 amide bonds. The molecule has 5 rings (SSSR count). The third-order valence-electron chi connectivity index (χ3n) is 6.58. The molecule has 1 aliphatic heterocycles. The Bertz CT molecular complexity index is 1610. The van der Waals surface area contributed by atoms with E-state index >= 15 is 0 Å². The van der Waals surface area contributed by atoms with Crippen LogP contribution in [0, 0.1) is 13.8 Å². The molecule has 0 bridgehead atoms. The lowest BCUT2D eigenvalue weighted by Gasteiger charge is -2.34. The van der Waals surface area contributed by atoms with E-state index in [0.29, 0.717) is 27.7 Å². The Kier molecular flexibility index (Phi) is 7.29. The summed E-state index contributed by atoms with van der Waals surface area (Å²) >= 11 is 1.52. The smallest absolute Gasteiger partial charge is 0.339 e. The first-order valence-electron chi connectivity index (χ1n) is 12.2. The third-order valence-corrected chi connectivity index (χ3v) is 9.53. The molecule has 1 aliphatic rings. The molecule has 1 fully saturated rings. The zero-order valence-electron chi connectivity index (χ0n) is 21.1. The predicted molar refractivity (Wildman–Crippen MR) is 147 cm³/mol. The Labute approximate surface area is 225 Å². The van der Waals surface area contributed by atoms with Crippen molar-refractivity contribution in [3.8, 4) is 10.6 Å². The summed E-state index contributed by atoms with van der Waals surface area (Å²) in [6.07, 6.45) is 0. The van der Waals surface area contributed by atoms with E-state index in [1.807, 2.05) is 48.7 Å². The van der Waals surface area contributed by atoms with E-state index in [1.165, 1.54) is 20.5 Å². The van der Waals surface area contributed by atoms with E-state index in [1.54, 1.807) is 31.2 Å². The zero-order valence-corrected chi connectivity index (χ0v) is 22.7. The van der Waals surface area contributed by atoms with E-state index in [0.717, 1.165) is 10.4 Å². The number of rotatable bonds is 6. The number of nitrogens with zero attached hydrogens (tertiary/aromatic N) is 3. The minimum atomic E-state index is -3.66. The van der Waals surface area contributed by atoms with Gasteiger partial charge in [0.25, 0.3) is 5.91 Å². The van der Waals surface area contributed by atoms with E-state index in [4.69, 9.17) is 4.74 Å². The quantitative estimate of drug-likeness (QED) is 0.333. The topological polar surface area (TPSA) is 96.9 Å². The molecule has 38 heavy (non-hydrogen) atoms. The summed E-state index contributed by atoms with van der Waals surface area (Å²) in [5.74, 6) is -0.968. The van der Waals surface area contributed by atoms with Gasteiger partial charge in [0.1, 0.15) is 0 Å². The summed E-state index contributed by atoms with van der Waals surface area (Å²) in [6.45, 7) is 4.07. The first kappa shape index (κ1) is 26.0. The van der Waals surface area contributed by atoms with Gasteiger partial charge in [-0.15, -0.1) is 11.3 Å². The van der Waals surface area contributed by atoms with Crippen molar-refractivity contribution in [1.82, 2.24) is 14.2 Å². The van der Waals surface area contributed by atoms with Crippen molar-refractivity contribution < 1.29 is 22.7 Å². The van der Waals surface area contributed by atoms with Crippen LogP contribution in [0.5, 0.6) is 0 Å². The lowest BCUT2D eigenvalue weighted by molar-refractivity contribution is -0.135. The second-order valence-corrected chi connectivity index (χ2v) is 12.0. The van der Waals surface area contributed by atoms with Crippen molar-refractivity contribution in [2.24, 2.45) is 0 Å². The van der Waals surface area contributed by atoms with Crippen molar-refractivity contribution in [3.05, 3.63) is 82.7 Å². The number of aryl methyl sites for hydroxylation is 2. The van der Waals surface area contributed by atoms with Crippen LogP contribution in [0.15, 0.2) is 70.9 Å². The molecule has 4 aromatic rings. The van der Waals surface area contributed by atoms with Crippen LogP contribution in [-0.2, 0) is 19.6 Å². The Morgan fingerprint density at radius 3 is 2.45 bits per heavy atom. The number of ether oxygens (including phenoxy) is 1. The molecule has 0 N–H and O–H groups in total. The number of hydrogen-bond donors (Lipinski definition) is 0. The van der Waals surface area contributed by atoms with E-state index in [-0.39, 0.29) is 37.0 Å². The van der Waals surface area contributed by atoms with Gasteiger partial charge in [-0.1, -0.05) is 42.0 Å². The Morgan fingerprint density at radius 1 is 0.974 bits per heavy atom. The number of sulfonamides is 1. The molecule has 0 radical (unpaired) electrons. The summed E-state index contributed by atoms with van der Waals surface area (Å²) in [5, 5.41) is 2.59. The van der Waals surface area contributed by atoms with Gasteiger partial charge in [-0.3, -0.25) is 4.79 Å². The van der Waals surface area contributed by atoms with Crippen molar-refractivity contribution in [2.45, 2.75) is 18.7 Å². The van der Waals surface area contributed by atoms with Crippen LogP contribution in [0.4, 0.5) is 0 Å². The maximum Gasteiger partial charge on any atom is 0.339 e. The summed E-state index contributed by atoms with van der Waals surface area (Å²) < 4.78 is 33.1. The molecule has 2 aromatic heterocycles. The van der Waals surface area contributed by atoms with Gasteiger partial charge < -0.3 is 9.64 Å². The molecule has 0 unspecified atom stereocenters. The fourth-order valence-electron chi connectivity index (χ4n) is 4.60. The first-order chi connectivity index (χ1) is 18.2. The molecule has 1 saturated heterocycles. The molecule has 2 aromatic carbocycles. The van der Waals surface area contributed by atoms with Gasteiger partial charge >= 0.3 is 5.97 Å². The highest BCUT2D eigenvalue weighted by molar-refractivity contribution is 7.89. The maximum atomic E-state index is 13.1. The largest absolute Gasteiger partial charge is 0.452 e. The minimum Gasteiger partial charge on any atom is -0.452 e. The molecule has 0 spiro atoms. The Morgan fingerprint density at radius 2 is 1.74 bits per heavy atom. The second-order valence-electron chi connectivity index (χ2n) is 9.18. The highest BCUT2D eigenvalue weighted by atomic mass is 32.2. The van der Waals surface area contributed by atoms with Gasteiger partial charge in [0, 0.05) is 31.6 Å². The molecule has 0 saturated carbocycles. The number of fused-ring (bicyclic) bond motifs is 1. The van der Waals surface area contributed by atoms with Crippen LogP contribution < -0.4 is 0 Å². The van der Waals surface area contributed by atoms with Gasteiger partial charge in [0.15, 0.2) is 6.61 Å². The second kappa shape index (κ2) is 10.6. The van der Waals surface area contributed by atoms with Crippen LogP contribution in [0.1, 0.15) is 21.5 Å². The number of carbonyl (C=O) groups excluding carboxylic acids is 2. The molecular formula is C28H27N3O5S2. The van der Waals surface area contributed by atoms with Crippen molar-refractivity contribution in [3.63, 3.8) is 0 Å². The minimum absolute atomic E-state index is 0.175. The lowest BCUT2D eigenvalue weighted by Crippen LogP contribution is -2.51. The number of pyridine rings is 1. The fraction of sp³-hybridized carbons (Fsp3) is 0.250. The number of para-hydroxylation sites is 1. The normalized spacial score (nSPS) is 14.5. The maximum absolute atomic E-state index is 13.1. The van der Waals surface area contributed by atoms with E-state index in [2.05, 4.69) is 4.98 Å². The number of esters is 1. The fourth-order valence-corrected chi connectivity index (χ4v) is 6.91. The van der Waals surface area contributed by atoms with Gasteiger partial charge in [0.2, 0.25) is 10.0 Å². The molecule has 0 atom stereocenters. The summed E-state index contributed by atoms with van der Waals surface area (Å²) in [7, 11) is -3.66. The van der Waals surface area contributed by atoms with Crippen LogP contribution in [0.25, 0.3) is 21.5 Å². The van der Waals surface area contributed by atoms with Crippen LogP contribution in [-0.4, -0.2) is 67.3 Å². The molecule has 10 heteroatoms. The number of hydrogen-bond acceptors (Lipinski definition) is 7. The molecule has 0 aliphatic carbocycles. The van der Waals surface area contributed by atoms with Crippen molar-refractivity contribution in [1.29, 1.82) is 0 Å². The highest BCUT2D eigenvalue weighted by Gasteiger charge is 2.31. The molecular weight excluding hydrogens is 522 g/mol. The molecule has 3 heterocycles. The zero-order chi connectivity index (χ0) is 26.9. The average molecular weight is 550 g/mol. The van der Waals surface area contributed by atoms with Gasteiger partial charge in [-0.25, -0.2) is 18.2 Å². The first-order valence-corrected chi connectivity index (χ1v) is 14.5. The molecule has 196 valence electrons. The number of aromatic nitrogens is 1. The SMILES string of the molecule is Cc1ccc(S(=O)(=O)N2CCN(C(=O)COC(=O)c3cc(-c4cccs4)nc4ccccc34)CC2)c(C)c1. The van der Waals surface area contributed by atoms with Gasteiger partial charge in [0.05, 0.1) is 26.5 Å². The van der Waals surface area contributed by atoms with Crippen LogP contribution in [0.3, 0.4) is 0 Å². The van der Waals surface area contributed by atoms with Crippen molar-refractivity contribution >= 4 is 44.1 Å². The summed E-state index contributed by atoms with van der Waals surface area (Å²) in [6, 6.07) is 18.1. The summed E-state index contributed by atoms with van der Waals surface area (Å²) in [5.41, 5.74) is 3.36. The Balaban J connectivity index is 1.24. The highest BCUT2D eigenvalue weighted by Crippen LogP contribution is 2.28. The number of carbonyl (C=O) groups is 2. The monoisotopic (exact) mass is 549 g/mol.